The first-order chi connectivity index (χ1) is 19.6. The maximum atomic E-state index is 14.7. The second-order valence-electron chi connectivity index (χ2n) is 12.6. The smallest absolute Gasteiger partial charge is 0.248 e. The molecule has 4 saturated heterocycles. The normalized spacial score (nSPS) is 31.8. The average molecular weight is 575 g/mol. The number of carbonyl (C=O) groups excluding carboxylic acids is 3. The van der Waals surface area contributed by atoms with Gasteiger partial charge in [-0.2, -0.15) is 0 Å². The van der Waals surface area contributed by atoms with E-state index in [1.807, 2.05) is 20.8 Å². The number of likely N-dealkylation sites (N-methyl/N-ethyl adjacent to an activating group) is 1. The van der Waals surface area contributed by atoms with E-state index in [9.17, 15) is 19.5 Å². The van der Waals surface area contributed by atoms with Gasteiger partial charge < -0.3 is 29.3 Å². The molecule has 4 fully saturated rings. The molecule has 41 heavy (non-hydrogen) atoms. The number of hydrogen-bond donors (Lipinski definition) is 1. The van der Waals surface area contributed by atoms with Gasteiger partial charge in [0, 0.05) is 46.3 Å². The molecule has 3 amide bonds. The molecule has 0 aliphatic carbocycles. The molecule has 0 aromatic rings. The van der Waals surface area contributed by atoms with E-state index in [-0.39, 0.29) is 30.2 Å². The fourth-order valence-electron chi connectivity index (χ4n) is 7.75. The van der Waals surface area contributed by atoms with Gasteiger partial charge in [0.15, 0.2) is 0 Å². The molecule has 0 aromatic carbocycles. The zero-order chi connectivity index (χ0) is 29.9. The molecule has 4 rings (SSSR count). The maximum absolute atomic E-state index is 14.7. The van der Waals surface area contributed by atoms with Gasteiger partial charge in [-0.05, 0) is 31.6 Å². The van der Waals surface area contributed by atoms with Crippen LogP contribution in [0.4, 0.5) is 0 Å². The van der Waals surface area contributed by atoms with Crippen LogP contribution in [0.25, 0.3) is 0 Å². The lowest BCUT2D eigenvalue weighted by atomic mass is 9.64. The third-order valence-electron chi connectivity index (χ3n) is 9.70. The van der Waals surface area contributed by atoms with E-state index in [4.69, 9.17) is 9.47 Å². The van der Waals surface area contributed by atoms with Crippen LogP contribution in [0.1, 0.15) is 46.5 Å². The average Bonchev–Trinajstić information content (AvgIpc) is 3.57. The topological polar surface area (TPSA) is 103 Å². The van der Waals surface area contributed by atoms with Gasteiger partial charge in [0.1, 0.15) is 11.6 Å². The number of amides is 3. The van der Waals surface area contributed by atoms with E-state index in [0.717, 1.165) is 13.1 Å². The third kappa shape index (κ3) is 5.60. The predicted octanol–water partition coefficient (Wildman–Crippen LogP) is 1.54. The van der Waals surface area contributed by atoms with E-state index in [2.05, 4.69) is 18.1 Å². The number of ether oxygens (including phenoxy) is 2. The van der Waals surface area contributed by atoms with Crippen molar-refractivity contribution in [2.75, 3.05) is 66.1 Å². The Kier molecular flexibility index (Phi) is 9.99. The van der Waals surface area contributed by atoms with Gasteiger partial charge in [0.2, 0.25) is 17.7 Å². The van der Waals surface area contributed by atoms with Crippen LogP contribution >= 0.6 is 0 Å². The van der Waals surface area contributed by atoms with E-state index < -0.39 is 35.1 Å². The van der Waals surface area contributed by atoms with E-state index >= 15 is 0 Å². The zero-order valence-electron chi connectivity index (χ0n) is 25.4. The van der Waals surface area contributed by atoms with Crippen molar-refractivity contribution in [2.24, 2.45) is 17.8 Å². The largest absolute Gasteiger partial charge is 0.394 e. The maximum Gasteiger partial charge on any atom is 0.248 e. The highest BCUT2D eigenvalue weighted by molar-refractivity contribution is 5.99. The lowest BCUT2D eigenvalue weighted by molar-refractivity contribution is -0.158. The highest BCUT2D eigenvalue weighted by atomic mass is 16.5. The predicted molar refractivity (Wildman–Crippen MR) is 156 cm³/mol. The highest BCUT2D eigenvalue weighted by Gasteiger charge is 2.79. The molecule has 4 aliphatic rings. The number of morpholine rings is 1. The summed E-state index contributed by atoms with van der Waals surface area (Å²) in [7, 11) is 1.72. The molecule has 10 nitrogen and oxygen atoms in total. The molecular formula is C31H50N4O6. The lowest BCUT2D eigenvalue weighted by Gasteiger charge is -2.40. The number of carbonyl (C=O) groups is 3. The Bertz CT molecular complexity index is 999. The number of aliphatic hydroxyl groups excluding tert-OH is 1. The Labute approximate surface area is 245 Å². The fraction of sp³-hybridized carbons (Fsp3) is 0.774. The molecule has 4 aliphatic heterocycles. The van der Waals surface area contributed by atoms with Gasteiger partial charge in [-0.25, -0.2) is 0 Å². The van der Waals surface area contributed by atoms with E-state index in [0.29, 0.717) is 65.1 Å². The Hall–Kier alpha value is -2.27. The van der Waals surface area contributed by atoms with Crippen molar-refractivity contribution in [1.82, 2.24) is 19.6 Å². The molecule has 4 heterocycles. The van der Waals surface area contributed by atoms with Crippen molar-refractivity contribution in [3.63, 3.8) is 0 Å². The van der Waals surface area contributed by atoms with Crippen LogP contribution < -0.4 is 0 Å². The van der Waals surface area contributed by atoms with Crippen LogP contribution in [0.3, 0.4) is 0 Å². The summed E-state index contributed by atoms with van der Waals surface area (Å²) in [4.78, 5) is 50.4. The minimum atomic E-state index is -1.12. The van der Waals surface area contributed by atoms with E-state index in [1.165, 1.54) is 0 Å². The first kappa shape index (κ1) is 31.7. The van der Waals surface area contributed by atoms with Gasteiger partial charge in [0.25, 0.3) is 0 Å². The summed E-state index contributed by atoms with van der Waals surface area (Å²) in [6.07, 6.45) is 5.61. The first-order valence-electron chi connectivity index (χ1n) is 15.3. The third-order valence-corrected chi connectivity index (χ3v) is 9.70. The van der Waals surface area contributed by atoms with Crippen molar-refractivity contribution in [1.29, 1.82) is 0 Å². The fourth-order valence-corrected chi connectivity index (χ4v) is 7.75. The second kappa shape index (κ2) is 12.9. The summed E-state index contributed by atoms with van der Waals surface area (Å²) in [6.45, 7) is 18.3. The summed E-state index contributed by atoms with van der Waals surface area (Å²) in [5, 5.41) is 10.5. The Morgan fingerprint density at radius 3 is 2.41 bits per heavy atom. The van der Waals surface area contributed by atoms with Crippen LogP contribution in [-0.2, 0) is 23.9 Å². The molecule has 6 atom stereocenters. The van der Waals surface area contributed by atoms with Crippen molar-refractivity contribution in [2.45, 2.75) is 69.7 Å². The second-order valence-corrected chi connectivity index (χ2v) is 12.6. The van der Waals surface area contributed by atoms with Crippen LogP contribution in [-0.4, -0.2) is 132 Å². The van der Waals surface area contributed by atoms with Crippen LogP contribution in [0.5, 0.6) is 0 Å². The minimum Gasteiger partial charge on any atom is -0.394 e. The monoisotopic (exact) mass is 574 g/mol. The Balaban J connectivity index is 1.75. The molecule has 1 spiro atoms. The lowest BCUT2D eigenvalue weighted by Crippen LogP contribution is -2.59. The standard InChI is InChI=1S/C31H50N4O6/c1-7-12-32(6)27(37)24-25-28(38)35(23(21-36)20-22(4)5)26(31(25)11-10-30(24,9-3)41-31)29(39)34(13-8-2)15-14-33-16-18-40-19-17-33/h7-8,22-26,36H,1-2,9-21H2,3-6H3/t23-,24+,25+,26?,30-,31?/m1/s1. The molecular weight excluding hydrogens is 524 g/mol. The summed E-state index contributed by atoms with van der Waals surface area (Å²) in [6, 6.07) is -1.47. The number of fused-ring (bicyclic) bond motifs is 1. The summed E-state index contributed by atoms with van der Waals surface area (Å²) >= 11 is 0. The van der Waals surface area contributed by atoms with Gasteiger partial charge in [-0.3, -0.25) is 19.3 Å². The highest BCUT2D eigenvalue weighted by Crippen LogP contribution is 2.65. The summed E-state index contributed by atoms with van der Waals surface area (Å²) in [5.41, 5.74) is -1.93. The Morgan fingerprint density at radius 1 is 1.15 bits per heavy atom. The summed E-state index contributed by atoms with van der Waals surface area (Å²) < 4.78 is 12.4. The molecule has 10 heteroatoms. The van der Waals surface area contributed by atoms with Gasteiger partial charge in [-0.15, -0.1) is 13.2 Å². The van der Waals surface area contributed by atoms with Gasteiger partial charge in [-0.1, -0.05) is 32.9 Å². The SMILES string of the molecule is C=CCN(C)C(=O)[C@@H]1[C@H]2C(=O)N([C@@H](CO)CC(C)C)C(C(=O)N(CC=C)CCN3CCOCC3)C23CC[C@@]1(CC)O3. The van der Waals surface area contributed by atoms with Crippen LogP contribution in [0, 0.1) is 17.8 Å². The molecule has 230 valence electrons. The minimum absolute atomic E-state index is 0.153. The quantitative estimate of drug-likeness (QED) is 0.314. The van der Waals surface area contributed by atoms with Crippen LogP contribution in [0.2, 0.25) is 0 Å². The molecule has 2 bridgehead atoms. The first-order valence-corrected chi connectivity index (χ1v) is 15.3. The number of hydrogen-bond acceptors (Lipinski definition) is 7. The van der Waals surface area contributed by atoms with Crippen molar-refractivity contribution in [3.8, 4) is 0 Å². The number of nitrogens with zero attached hydrogens (tertiary/aromatic N) is 4. The van der Waals surface area contributed by atoms with Crippen LogP contribution in [0.15, 0.2) is 25.3 Å². The zero-order valence-corrected chi connectivity index (χ0v) is 25.4. The van der Waals surface area contributed by atoms with Gasteiger partial charge >= 0.3 is 0 Å². The molecule has 0 aromatic heterocycles. The Morgan fingerprint density at radius 2 is 1.83 bits per heavy atom. The number of aliphatic hydroxyl groups is 1. The molecule has 1 N–H and O–H groups in total. The van der Waals surface area contributed by atoms with Crippen molar-refractivity contribution < 1.29 is 29.0 Å². The van der Waals surface area contributed by atoms with E-state index in [1.54, 1.807) is 33.9 Å². The number of likely N-dealkylation sites (tertiary alicyclic amines) is 1. The van der Waals surface area contributed by atoms with Crippen molar-refractivity contribution in [3.05, 3.63) is 25.3 Å². The molecule has 2 unspecified atom stereocenters. The molecule has 0 saturated carbocycles. The van der Waals surface area contributed by atoms with Crippen molar-refractivity contribution >= 4 is 17.7 Å². The molecule has 0 radical (unpaired) electrons. The number of rotatable bonds is 14. The summed E-state index contributed by atoms with van der Waals surface area (Å²) in [5.74, 6) is -1.89. The van der Waals surface area contributed by atoms with Gasteiger partial charge in [0.05, 0.1) is 43.3 Å².